The van der Waals surface area contributed by atoms with E-state index >= 15 is 0 Å². The molecule has 0 aliphatic carbocycles. The molecule has 0 bridgehead atoms. The van der Waals surface area contributed by atoms with Crippen LogP contribution in [0.2, 0.25) is 0 Å². The molecule has 1 heterocycles. The Morgan fingerprint density at radius 3 is 2.50 bits per heavy atom. The summed E-state index contributed by atoms with van der Waals surface area (Å²) in [5.74, 6) is -4.30. The maximum atomic E-state index is 13.2. The van der Waals surface area contributed by atoms with Crippen molar-refractivity contribution in [2.75, 3.05) is 13.1 Å². The van der Waals surface area contributed by atoms with Crippen LogP contribution in [-0.2, 0) is 0 Å². The minimum Gasteiger partial charge on any atom is -0.330 e. The lowest BCUT2D eigenvalue weighted by Gasteiger charge is -2.22. The van der Waals surface area contributed by atoms with Crippen molar-refractivity contribution in [3.05, 3.63) is 29.6 Å². The Balaban J connectivity index is 3.01. The van der Waals surface area contributed by atoms with Crippen molar-refractivity contribution in [3.8, 4) is 0 Å². The molecule has 0 atom stereocenters. The SMILES string of the molecule is CCN(CC(F)(F)F)C(=O)c1ccnc(F)c1F. The van der Waals surface area contributed by atoms with E-state index in [4.69, 9.17) is 0 Å². The number of halogens is 5. The summed E-state index contributed by atoms with van der Waals surface area (Å²) in [6.07, 6.45) is -3.79. The molecule has 0 N–H and O–H groups in total. The molecule has 3 nitrogen and oxygen atoms in total. The highest BCUT2D eigenvalue weighted by Crippen LogP contribution is 2.19. The van der Waals surface area contributed by atoms with Gasteiger partial charge in [-0.3, -0.25) is 4.79 Å². The van der Waals surface area contributed by atoms with Crippen molar-refractivity contribution in [1.29, 1.82) is 0 Å². The average molecular weight is 268 g/mol. The van der Waals surface area contributed by atoms with Gasteiger partial charge in [-0.05, 0) is 13.0 Å². The molecule has 1 aromatic rings. The largest absolute Gasteiger partial charge is 0.406 e. The van der Waals surface area contributed by atoms with E-state index in [1.54, 1.807) is 0 Å². The lowest BCUT2D eigenvalue weighted by Crippen LogP contribution is -2.39. The second-order valence-electron chi connectivity index (χ2n) is 3.40. The number of hydrogen-bond acceptors (Lipinski definition) is 2. The summed E-state index contributed by atoms with van der Waals surface area (Å²) in [4.78, 5) is 14.9. The van der Waals surface area contributed by atoms with E-state index < -0.39 is 36.0 Å². The Morgan fingerprint density at radius 2 is 2.00 bits per heavy atom. The molecule has 1 aromatic heterocycles. The van der Waals surface area contributed by atoms with Crippen molar-refractivity contribution in [1.82, 2.24) is 9.88 Å². The van der Waals surface area contributed by atoms with E-state index in [-0.39, 0.29) is 6.54 Å². The van der Waals surface area contributed by atoms with Gasteiger partial charge < -0.3 is 4.90 Å². The first-order chi connectivity index (χ1) is 8.26. The van der Waals surface area contributed by atoms with Crippen LogP contribution in [0.5, 0.6) is 0 Å². The van der Waals surface area contributed by atoms with E-state index in [0.717, 1.165) is 12.3 Å². The normalized spacial score (nSPS) is 11.4. The molecule has 0 radical (unpaired) electrons. The van der Waals surface area contributed by atoms with Crippen LogP contribution in [-0.4, -0.2) is 35.1 Å². The zero-order valence-electron chi connectivity index (χ0n) is 9.26. The van der Waals surface area contributed by atoms with Gasteiger partial charge in [0.05, 0.1) is 5.56 Å². The van der Waals surface area contributed by atoms with E-state index in [1.165, 1.54) is 6.92 Å². The number of alkyl halides is 3. The lowest BCUT2D eigenvalue weighted by atomic mass is 10.2. The molecule has 8 heteroatoms. The first kappa shape index (κ1) is 14.3. The van der Waals surface area contributed by atoms with Crippen molar-refractivity contribution in [2.45, 2.75) is 13.1 Å². The summed E-state index contributed by atoms with van der Waals surface area (Å²) < 4.78 is 62.5. The quantitative estimate of drug-likeness (QED) is 0.623. The number of aromatic nitrogens is 1. The van der Waals surface area contributed by atoms with Gasteiger partial charge in [-0.25, -0.2) is 9.37 Å². The molecule has 18 heavy (non-hydrogen) atoms. The number of hydrogen-bond donors (Lipinski definition) is 0. The molecule has 1 rings (SSSR count). The van der Waals surface area contributed by atoms with Gasteiger partial charge >= 0.3 is 6.18 Å². The smallest absolute Gasteiger partial charge is 0.330 e. The summed E-state index contributed by atoms with van der Waals surface area (Å²) in [6.45, 7) is -0.494. The van der Waals surface area contributed by atoms with Crippen molar-refractivity contribution >= 4 is 5.91 Å². The fourth-order valence-corrected chi connectivity index (χ4v) is 1.30. The molecule has 0 saturated heterocycles. The highest BCUT2D eigenvalue weighted by atomic mass is 19.4. The molecule has 1 amide bonds. The fraction of sp³-hybridized carbons (Fsp3) is 0.400. The van der Waals surface area contributed by atoms with E-state index in [1.807, 2.05) is 0 Å². The highest BCUT2D eigenvalue weighted by Gasteiger charge is 2.33. The van der Waals surface area contributed by atoms with Gasteiger partial charge in [0.2, 0.25) is 5.95 Å². The molecule has 0 fully saturated rings. The number of pyridine rings is 1. The minimum atomic E-state index is -4.60. The molecule has 0 aliphatic rings. The van der Waals surface area contributed by atoms with Crippen LogP contribution in [0.4, 0.5) is 22.0 Å². The van der Waals surface area contributed by atoms with Crippen molar-refractivity contribution < 1.29 is 26.7 Å². The fourth-order valence-electron chi connectivity index (χ4n) is 1.30. The molecule has 0 unspecified atom stereocenters. The van der Waals surface area contributed by atoms with E-state index in [2.05, 4.69) is 4.98 Å². The Kier molecular flexibility index (Phi) is 4.20. The second-order valence-corrected chi connectivity index (χ2v) is 3.40. The third-order valence-corrected chi connectivity index (χ3v) is 2.12. The van der Waals surface area contributed by atoms with Crippen LogP contribution in [0, 0.1) is 11.8 Å². The van der Waals surface area contributed by atoms with Crippen molar-refractivity contribution in [3.63, 3.8) is 0 Å². The van der Waals surface area contributed by atoms with Gasteiger partial charge in [0.15, 0.2) is 5.82 Å². The molecule has 0 aliphatic heterocycles. The monoisotopic (exact) mass is 268 g/mol. The van der Waals surface area contributed by atoms with Crippen LogP contribution < -0.4 is 0 Å². The number of amides is 1. The Bertz CT molecular complexity index is 446. The van der Waals surface area contributed by atoms with Gasteiger partial charge in [-0.2, -0.15) is 17.6 Å². The molecular weight excluding hydrogens is 259 g/mol. The number of rotatable bonds is 3. The van der Waals surface area contributed by atoms with Crippen LogP contribution in [0.1, 0.15) is 17.3 Å². The number of carbonyl (C=O) groups is 1. The zero-order chi connectivity index (χ0) is 13.9. The summed E-state index contributed by atoms with van der Waals surface area (Å²) in [7, 11) is 0. The first-order valence-corrected chi connectivity index (χ1v) is 4.92. The standard InChI is InChI=1S/C10H9F5N2O/c1-2-17(5-10(13,14)15)9(18)6-3-4-16-8(12)7(6)11/h3-4H,2,5H2,1H3. The average Bonchev–Trinajstić information content (AvgIpc) is 2.27. The third kappa shape index (κ3) is 3.38. The molecular formula is C10H9F5N2O. The van der Waals surface area contributed by atoms with E-state index in [0.29, 0.717) is 4.90 Å². The first-order valence-electron chi connectivity index (χ1n) is 4.92. The summed E-state index contributed by atoms with van der Waals surface area (Å²) in [6, 6.07) is 0.833. The lowest BCUT2D eigenvalue weighted by molar-refractivity contribution is -0.140. The van der Waals surface area contributed by atoms with Crippen molar-refractivity contribution in [2.24, 2.45) is 0 Å². The zero-order valence-corrected chi connectivity index (χ0v) is 9.26. The predicted molar refractivity (Wildman–Crippen MR) is 51.8 cm³/mol. The van der Waals surface area contributed by atoms with Gasteiger partial charge in [0.1, 0.15) is 6.54 Å². The Hall–Kier alpha value is -1.73. The molecule has 0 aromatic carbocycles. The van der Waals surface area contributed by atoms with Gasteiger partial charge in [0.25, 0.3) is 5.91 Å². The Labute approximate surface area is 99.2 Å². The topological polar surface area (TPSA) is 33.2 Å². The predicted octanol–water partition coefficient (Wildman–Crippen LogP) is 2.38. The second kappa shape index (κ2) is 5.28. The molecule has 0 spiro atoms. The van der Waals surface area contributed by atoms with E-state index in [9.17, 15) is 26.7 Å². The maximum Gasteiger partial charge on any atom is 0.406 e. The molecule has 0 saturated carbocycles. The highest BCUT2D eigenvalue weighted by molar-refractivity contribution is 5.94. The van der Waals surface area contributed by atoms with Crippen LogP contribution in [0.3, 0.4) is 0 Å². The van der Waals surface area contributed by atoms with Crippen LogP contribution in [0.25, 0.3) is 0 Å². The van der Waals surface area contributed by atoms with Gasteiger partial charge in [-0.15, -0.1) is 0 Å². The summed E-state index contributed by atoms with van der Waals surface area (Å²) in [5, 5.41) is 0. The van der Waals surface area contributed by atoms with Crippen LogP contribution in [0.15, 0.2) is 12.3 Å². The van der Waals surface area contributed by atoms with Gasteiger partial charge in [-0.1, -0.05) is 0 Å². The minimum absolute atomic E-state index is 0.276. The Morgan fingerprint density at radius 1 is 1.39 bits per heavy atom. The summed E-state index contributed by atoms with van der Waals surface area (Å²) >= 11 is 0. The molecule has 100 valence electrons. The van der Waals surface area contributed by atoms with Crippen LogP contribution >= 0.6 is 0 Å². The van der Waals surface area contributed by atoms with Gasteiger partial charge in [0, 0.05) is 12.7 Å². The number of carbonyl (C=O) groups excluding carboxylic acids is 1. The third-order valence-electron chi connectivity index (χ3n) is 2.12. The number of nitrogens with zero attached hydrogens (tertiary/aromatic N) is 2. The maximum absolute atomic E-state index is 13.2. The summed E-state index contributed by atoms with van der Waals surface area (Å²) in [5.41, 5.74) is -0.770.